The van der Waals surface area contributed by atoms with Crippen LogP contribution in [0.25, 0.3) is 0 Å². The lowest BCUT2D eigenvalue weighted by atomic mass is 9.95. The minimum absolute atomic E-state index is 0.0304. The minimum Gasteiger partial charge on any atom is -0.396 e. The van der Waals surface area contributed by atoms with Crippen LogP contribution in [-0.2, 0) is 6.61 Å². The lowest BCUT2D eigenvalue weighted by Gasteiger charge is -2.34. The molecule has 2 rings (SSSR count). The summed E-state index contributed by atoms with van der Waals surface area (Å²) in [5, 5.41) is 18.3. The van der Waals surface area contributed by atoms with Crippen LogP contribution in [0.3, 0.4) is 0 Å². The number of piperidine rings is 1. The monoisotopic (exact) mass is 237 g/mol. The highest BCUT2D eigenvalue weighted by molar-refractivity contribution is 5.45. The zero-order chi connectivity index (χ0) is 12.1. The first-order valence-electron chi connectivity index (χ1n) is 6.10. The van der Waals surface area contributed by atoms with E-state index in [0.29, 0.717) is 5.92 Å². The number of aromatic nitrogens is 2. The Labute approximate surface area is 101 Å². The number of hydrogen-bond acceptors (Lipinski definition) is 5. The molecule has 0 aromatic carbocycles. The zero-order valence-corrected chi connectivity index (χ0v) is 9.92. The highest BCUT2D eigenvalue weighted by Gasteiger charge is 2.22. The molecule has 1 aliphatic rings. The molecule has 0 amide bonds. The maximum absolute atomic E-state index is 9.27. The molecule has 0 spiro atoms. The second-order valence-corrected chi connectivity index (χ2v) is 4.50. The fourth-order valence-corrected chi connectivity index (χ4v) is 2.42. The standard InChI is InChI=1S/C12H19N3O2/c16-5-3-10-2-1-4-15(7-10)12-11(8-17)6-13-9-14-12/h6,9-10,16-17H,1-5,7-8H2. The van der Waals surface area contributed by atoms with Gasteiger partial charge in [-0.15, -0.1) is 0 Å². The molecule has 5 nitrogen and oxygen atoms in total. The highest BCUT2D eigenvalue weighted by Crippen LogP contribution is 2.25. The highest BCUT2D eigenvalue weighted by atomic mass is 16.3. The van der Waals surface area contributed by atoms with Gasteiger partial charge in [0.25, 0.3) is 0 Å². The molecule has 0 radical (unpaired) electrons. The number of rotatable bonds is 4. The van der Waals surface area contributed by atoms with Crippen molar-refractivity contribution in [1.29, 1.82) is 0 Å². The van der Waals surface area contributed by atoms with E-state index in [-0.39, 0.29) is 13.2 Å². The first kappa shape index (κ1) is 12.3. The molecule has 1 aromatic heterocycles. The Morgan fingerprint density at radius 3 is 3.06 bits per heavy atom. The van der Waals surface area contributed by atoms with E-state index in [1.54, 1.807) is 6.20 Å². The van der Waals surface area contributed by atoms with Crippen LogP contribution in [-0.4, -0.2) is 39.9 Å². The maximum atomic E-state index is 9.27. The molecular weight excluding hydrogens is 218 g/mol. The number of nitrogens with zero attached hydrogens (tertiary/aromatic N) is 3. The number of hydrogen-bond donors (Lipinski definition) is 2. The zero-order valence-electron chi connectivity index (χ0n) is 9.92. The average Bonchev–Trinajstić information content (AvgIpc) is 2.39. The Morgan fingerprint density at radius 2 is 2.29 bits per heavy atom. The Bertz CT molecular complexity index is 357. The van der Waals surface area contributed by atoms with Gasteiger partial charge in [-0.2, -0.15) is 0 Å². The molecule has 1 aliphatic heterocycles. The van der Waals surface area contributed by atoms with Gasteiger partial charge in [0.2, 0.25) is 0 Å². The van der Waals surface area contributed by atoms with Crippen molar-refractivity contribution in [1.82, 2.24) is 9.97 Å². The number of anilines is 1. The van der Waals surface area contributed by atoms with Crippen LogP contribution in [0.15, 0.2) is 12.5 Å². The van der Waals surface area contributed by atoms with Crippen molar-refractivity contribution in [2.45, 2.75) is 25.9 Å². The molecule has 0 bridgehead atoms. The fourth-order valence-electron chi connectivity index (χ4n) is 2.42. The molecule has 1 atom stereocenters. The van der Waals surface area contributed by atoms with Crippen molar-refractivity contribution >= 4 is 5.82 Å². The van der Waals surface area contributed by atoms with Crippen LogP contribution in [0, 0.1) is 5.92 Å². The largest absolute Gasteiger partial charge is 0.396 e. The van der Waals surface area contributed by atoms with E-state index in [9.17, 15) is 5.11 Å². The van der Waals surface area contributed by atoms with E-state index < -0.39 is 0 Å². The first-order chi connectivity index (χ1) is 8.35. The summed E-state index contributed by atoms with van der Waals surface area (Å²) in [6.07, 6.45) is 6.30. The summed E-state index contributed by atoms with van der Waals surface area (Å²) in [4.78, 5) is 10.4. The van der Waals surface area contributed by atoms with Gasteiger partial charge in [-0.25, -0.2) is 9.97 Å². The lowest BCUT2D eigenvalue weighted by molar-refractivity contribution is 0.243. The topological polar surface area (TPSA) is 69.5 Å². The van der Waals surface area contributed by atoms with Gasteiger partial charge in [0.05, 0.1) is 6.61 Å². The molecule has 0 saturated carbocycles. The van der Waals surface area contributed by atoms with E-state index in [0.717, 1.165) is 43.7 Å². The van der Waals surface area contributed by atoms with Crippen molar-refractivity contribution in [2.24, 2.45) is 5.92 Å². The Balaban J connectivity index is 2.10. The normalized spacial score (nSPS) is 20.6. The molecule has 1 saturated heterocycles. The number of aliphatic hydroxyl groups excluding tert-OH is 2. The number of aliphatic hydroxyl groups is 2. The third-order valence-corrected chi connectivity index (χ3v) is 3.29. The van der Waals surface area contributed by atoms with Gasteiger partial charge < -0.3 is 15.1 Å². The summed E-state index contributed by atoms with van der Waals surface area (Å²) in [6, 6.07) is 0. The third-order valence-electron chi connectivity index (χ3n) is 3.29. The predicted octanol–water partition coefficient (Wildman–Crippen LogP) is 0.568. The van der Waals surface area contributed by atoms with Gasteiger partial charge in [0, 0.05) is 31.5 Å². The molecule has 5 heteroatoms. The second kappa shape index (κ2) is 5.93. The van der Waals surface area contributed by atoms with Crippen molar-refractivity contribution in [3.8, 4) is 0 Å². The Kier molecular flexibility index (Phi) is 4.28. The van der Waals surface area contributed by atoms with Crippen molar-refractivity contribution < 1.29 is 10.2 Å². The van der Waals surface area contributed by atoms with Crippen LogP contribution in [0.4, 0.5) is 5.82 Å². The quantitative estimate of drug-likeness (QED) is 0.801. The summed E-state index contributed by atoms with van der Waals surface area (Å²) >= 11 is 0. The van der Waals surface area contributed by atoms with Gasteiger partial charge in [-0.1, -0.05) is 0 Å². The molecular formula is C12H19N3O2. The summed E-state index contributed by atoms with van der Waals surface area (Å²) in [5.74, 6) is 1.36. The van der Waals surface area contributed by atoms with Crippen LogP contribution in [0.2, 0.25) is 0 Å². The van der Waals surface area contributed by atoms with Crippen molar-refractivity contribution in [3.63, 3.8) is 0 Å². The molecule has 2 heterocycles. The van der Waals surface area contributed by atoms with Gasteiger partial charge >= 0.3 is 0 Å². The van der Waals surface area contributed by atoms with Gasteiger partial charge in [0.15, 0.2) is 0 Å². The molecule has 1 aromatic rings. The third kappa shape index (κ3) is 2.92. The van der Waals surface area contributed by atoms with E-state index in [1.165, 1.54) is 6.33 Å². The molecule has 1 fully saturated rings. The Hall–Kier alpha value is -1.20. The minimum atomic E-state index is -0.0304. The average molecular weight is 237 g/mol. The van der Waals surface area contributed by atoms with E-state index in [2.05, 4.69) is 14.9 Å². The van der Waals surface area contributed by atoms with Gasteiger partial charge in [-0.05, 0) is 25.2 Å². The SMILES string of the molecule is OCCC1CCCN(c2ncncc2CO)C1. The first-order valence-corrected chi connectivity index (χ1v) is 6.10. The van der Waals surface area contributed by atoms with E-state index >= 15 is 0 Å². The summed E-state index contributed by atoms with van der Waals surface area (Å²) < 4.78 is 0. The van der Waals surface area contributed by atoms with E-state index in [4.69, 9.17) is 5.11 Å². The van der Waals surface area contributed by atoms with Crippen molar-refractivity contribution in [2.75, 3.05) is 24.6 Å². The van der Waals surface area contributed by atoms with Gasteiger partial charge in [0.1, 0.15) is 12.1 Å². The van der Waals surface area contributed by atoms with E-state index in [1.807, 2.05) is 0 Å². The summed E-state index contributed by atoms with van der Waals surface area (Å²) in [5.41, 5.74) is 0.775. The summed E-state index contributed by atoms with van der Waals surface area (Å²) in [7, 11) is 0. The molecule has 94 valence electrons. The molecule has 2 N–H and O–H groups in total. The predicted molar refractivity (Wildman–Crippen MR) is 64.6 cm³/mol. The van der Waals surface area contributed by atoms with Crippen molar-refractivity contribution in [3.05, 3.63) is 18.1 Å². The molecule has 0 aliphatic carbocycles. The smallest absolute Gasteiger partial charge is 0.137 e. The van der Waals surface area contributed by atoms with Crippen LogP contribution in [0.5, 0.6) is 0 Å². The van der Waals surface area contributed by atoms with Crippen LogP contribution in [0.1, 0.15) is 24.8 Å². The second-order valence-electron chi connectivity index (χ2n) is 4.50. The molecule has 17 heavy (non-hydrogen) atoms. The van der Waals surface area contributed by atoms with Gasteiger partial charge in [-0.3, -0.25) is 0 Å². The lowest BCUT2D eigenvalue weighted by Crippen LogP contribution is -2.37. The molecule has 1 unspecified atom stereocenters. The maximum Gasteiger partial charge on any atom is 0.137 e. The Morgan fingerprint density at radius 1 is 1.41 bits per heavy atom. The fraction of sp³-hybridized carbons (Fsp3) is 0.667. The van der Waals surface area contributed by atoms with Crippen LogP contribution < -0.4 is 4.90 Å². The van der Waals surface area contributed by atoms with Crippen LogP contribution >= 0.6 is 0 Å². The summed E-state index contributed by atoms with van der Waals surface area (Å²) in [6.45, 7) is 2.09.